The van der Waals surface area contributed by atoms with Crippen LogP contribution in [0.2, 0.25) is 0 Å². The summed E-state index contributed by atoms with van der Waals surface area (Å²) in [6.07, 6.45) is -1.57. The maximum atomic E-state index is 8.80. The van der Waals surface area contributed by atoms with E-state index in [0.29, 0.717) is 0 Å². The van der Waals surface area contributed by atoms with Crippen LogP contribution in [-0.2, 0) is 4.74 Å². The first-order valence-corrected chi connectivity index (χ1v) is 2.10. The van der Waals surface area contributed by atoms with Crippen molar-refractivity contribution in [3.8, 4) is 0 Å². The van der Waals surface area contributed by atoms with Crippen LogP contribution in [0.4, 0.5) is 0 Å². The highest BCUT2D eigenvalue weighted by molar-refractivity contribution is 4.77. The summed E-state index contributed by atoms with van der Waals surface area (Å²) in [5.41, 5.74) is 4.98. The zero-order valence-electron chi connectivity index (χ0n) is 5.79. The van der Waals surface area contributed by atoms with Gasteiger partial charge in [-0.3, -0.25) is 0 Å². The van der Waals surface area contributed by atoms with Crippen molar-refractivity contribution < 1.29 is 12.6 Å². The first kappa shape index (κ1) is 3.02. The Kier molecular flexibility index (Phi) is 0.765. The highest BCUT2D eigenvalue weighted by Gasteiger charge is 2.27. The summed E-state index contributed by atoms with van der Waals surface area (Å²) in [5.74, 6) is 0. The molecule has 1 heterocycles. The molecule has 7 heavy (non-hydrogen) atoms. The molecule has 42 valence electrons. The monoisotopic (exact) mass is 105 g/mol. The highest BCUT2D eigenvalue weighted by Crippen LogP contribution is 2.09. The van der Waals surface area contributed by atoms with E-state index in [1.807, 2.05) is 0 Å². The van der Waals surface area contributed by atoms with E-state index in [9.17, 15) is 0 Å². The molecule has 2 unspecified atom stereocenters. The third kappa shape index (κ3) is 0.748. The SMILES string of the molecule is [2H]C([2H])(N)C1OCC1O. The van der Waals surface area contributed by atoms with E-state index in [1.54, 1.807) is 0 Å². The largest absolute Gasteiger partial charge is 0.388 e. The van der Waals surface area contributed by atoms with Crippen LogP contribution in [0.1, 0.15) is 2.74 Å². The van der Waals surface area contributed by atoms with Crippen LogP contribution in [0.5, 0.6) is 0 Å². The Labute approximate surface area is 44.9 Å². The molecule has 0 aromatic rings. The van der Waals surface area contributed by atoms with Gasteiger partial charge in [0.2, 0.25) is 0 Å². The van der Waals surface area contributed by atoms with Gasteiger partial charge < -0.3 is 15.6 Å². The zero-order chi connectivity index (χ0) is 7.07. The summed E-state index contributed by atoms with van der Waals surface area (Å²) in [6, 6.07) is 0. The molecule has 2 atom stereocenters. The Bertz CT molecular complexity index is 114. The molecule has 0 spiro atoms. The molecule has 0 amide bonds. The smallest absolute Gasteiger partial charge is 0.105 e. The van der Waals surface area contributed by atoms with Crippen molar-refractivity contribution in [3.63, 3.8) is 0 Å². The normalized spacial score (nSPS) is 46.6. The zero-order valence-corrected chi connectivity index (χ0v) is 3.79. The second-order valence-corrected chi connectivity index (χ2v) is 1.49. The predicted molar refractivity (Wildman–Crippen MR) is 24.8 cm³/mol. The number of hydrogen-bond donors (Lipinski definition) is 2. The summed E-state index contributed by atoms with van der Waals surface area (Å²) >= 11 is 0. The molecule has 1 aliphatic rings. The van der Waals surface area contributed by atoms with Gasteiger partial charge in [-0.2, -0.15) is 0 Å². The van der Waals surface area contributed by atoms with Crippen molar-refractivity contribution in [2.24, 2.45) is 5.73 Å². The first-order chi connectivity index (χ1) is 4.02. The standard InChI is InChI=1S/C4H9NO2/c5-1-4-3(6)2-7-4/h3-4,6H,1-2,5H2/i1D2. The fraction of sp³-hybridized carbons (Fsp3) is 1.00. The highest BCUT2D eigenvalue weighted by atomic mass is 16.5. The lowest BCUT2D eigenvalue weighted by atomic mass is 10.1. The van der Waals surface area contributed by atoms with E-state index in [4.69, 9.17) is 13.6 Å². The molecule has 0 bridgehead atoms. The molecule has 0 aliphatic carbocycles. The van der Waals surface area contributed by atoms with E-state index in [1.165, 1.54) is 0 Å². The molecule has 0 aromatic heterocycles. The Hall–Kier alpha value is -0.120. The number of hydrogen-bond acceptors (Lipinski definition) is 3. The van der Waals surface area contributed by atoms with Gasteiger partial charge in [-0.1, -0.05) is 0 Å². The minimum absolute atomic E-state index is 0.196. The molecular formula is C4H9NO2. The van der Waals surface area contributed by atoms with E-state index in [-0.39, 0.29) is 6.61 Å². The van der Waals surface area contributed by atoms with Gasteiger partial charge in [0.1, 0.15) is 6.10 Å². The van der Waals surface area contributed by atoms with Crippen LogP contribution in [0.25, 0.3) is 0 Å². The minimum Gasteiger partial charge on any atom is -0.388 e. The summed E-state index contributed by atoms with van der Waals surface area (Å²) in [4.78, 5) is 0. The summed E-state index contributed by atoms with van der Waals surface area (Å²) in [5, 5.41) is 8.80. The van der Waals surface area contributed by atoms with Crippen molar-refractivity contribution in [1.29, 1.82) is 0 Å². The van der Waals surface area contributed by atoms with Crippen LogP contribution in [0.15, 0.2) is 0 Å². The van der Waals surface area contributed by atoms with Crippen molar-refractivity contribution in [3.05, 3.63) is 0 Å². The van der Waals surface area contributed by atoms with Crippen molar-refractivity contribution in [1.82, 2.24) is 0 Å². The van der Waals surface area contributed by atoms with Crippen LogP contribution in [-0.4, -0.2) is 30.4 Å². The average molecular weight is 105 g/mol. The number of aliphatic hydroxyl groups is 1. The van der Waals surface area contributed by atoms with Gasteiger partial charge in [-0.15, -0.1) is 0 Å². The predicted octanol–water partition coefficient (Wildman–Crippen LogP) is -1.30. The van der Waals surface area contributed by atoms with E-state index < -0.39 is 18.7 Å². The summed E-state index contributed by atoms with van der Waals surface area (Å²) in [7, 11) is 0. The third-order valence-electron chi connectivity index (χ3n) is 0.960. The maximum absolute atomic E-state index is 8.80. The lowest BCUT2D eigenvalue weighted by molar-refractivity contribution is -0.156. The van der Waals surface area contributed by atoms with Gasteiger partial charge in [0, 0.05) is 9.24 Å². The van der Waals surface area contributed by atoms with Crippen LogP contribution in [0.3, 0.4) is 0 Å². The van der Waals surface area contributed by atoms with Crippen LogP contribution < -0.4 is 5.73 Å². The minimum atomic E-state index is -1.91. The van der Waals surface area contributed by atoms with Crippen molar-refractivity contribution in [2.75, 3.05) is 13.1 Å². The Balaban J connectivity index is 2.44. The van der Waals surface area contributed by atoms with Gasteiger partial charge in [0.15, 0.2) is 0 Å². The van der Waals surface area contributed by atoms with Gasteiger partial charge in [0.05, 0.1) is 12.7 Å². The molecule has 1 saturated heterocycles. The number of ether oxygens (including phenoxy) is 1. The molecule has 1 rings (SSSR count). The molecule has 3 N–H and O–H groups in total. The van der Waals surface area contributed by atoms with Crippen molar-refractivity contribution in [2.45, 2.75) is 12.2 Å². The van der Waals surface area contributed by atoms with Gasteiger partial charge in [0.25, 0.3) is 0 Å². The Morgan fingerprint density at radius 2 is 2.86 bits per heavy atom. The van der Waals surface area contributed by atoms with Crippen LogP contribution in [0, 0.1) is 0 Å². The first-order valence-electron chi connectivity index (χ1n) is 3.10. The molecular weight excluding hydrogens is 94.0 g/mol. The summed E-state index contributed by atoms with van der Waals surface area (Å²) in [6.45, 7) is -1.71. The maximum Gasteiger partial charge on any atom is 0.105 e. The summed E-state index contributed by atoms with van der Waals surface area (Å²) < 4.78 is 18.4. The van der Waals surface area contributed by atoms with E-state index in [0.717, 1.165) is 0 Å². The lowest BCUT2D eigenvalue weighted by Crippen LogP contribution is -2.49. The topological polar surface area (TPSA) is 55.5 Å². The molecule has 0 radical (unpaired) electrons. The molecule has 0 aromatic carbocycles. The molecule has 3 heteroatoms. The lowest BCUT2D eigenvalue weighted by Gasteiger charge is -2.31. The second kappa shape index (κ2) is 1.78. The second-order valence-electron chi connectivity index (χ2n) is 1.49. The van der Waals surface area contributed by atoms with Gasteiger partial charge in [-0.25, -0.2) is 0 Å². The van der Waals surface area contributed by atoms with Crippen molar-refractivity contribution >= 4 is 0 Å². The van der Waals surface area contributed by atoms with E-state index >= 15 is 0 Å². The average Bonchev–Trinajstić information content (AvgIpc) is 1.57. The Morgan fingerprint density at radius 3 is 2.86 bits per heavy atom. The Morgan fingerprint density at radius 1 is 2.14 bits per heavy atom. The third-order valence-corrected chi connectivity index (χ3v) is 0.960. The fourth-order valence-electron chi connectivity index (χ4n) is 0.438. The fourth-order valence-corrected chi connectivity index (χ4v) is 0.438. The van der Waals surface area contributed by atoms with Gasteiger partial charge >= 0.3 is 0 Å². The molecule has 3 nitrogen and oxygen atoms in total. The quantitative estimate of drug-likeness (QED) is 0.436. The van der Waals surface area contributed by atoms with Crippen LogP contribution >= 0.6 is 0 Å². The molecule has 1 aliphatic heterocycles. The van der Waals surface area contributed by atoms with Gasteiger partial charge in [-0.05, 0) is 0 Å². The molecule has 0 saturated carbocycles. The number of rotatable bonds is 1. The molecule has 1 fully saturated rings. The number of aliphatic hydroxyl groups excluding tert-OH is 1. The van der Waals surface area contributed by atoms with E-state index in [2.05, 4.69) is 4.74 Å². The number of nitrogens with two attached hydrogens (primary N) is 1.